The number of benzene rings is 2. The zero-order valence-electron chi connectivity index (χ0n) is 17.1. The molecule has 0 radical (unpaired) electrons. The monoisotopic (exact) mass is 402 g/mol. The highest BCUT2D eigenvalue weighted by atomic mass is 16.2. The lowest BCUT2D eigenvalue weighted by Crippen LogP contribution is -2.31. The second-order valence-electron chi connectivity index (χ2n) is 7.24. The van der Waals surface area contributed by atoms with Crippen LogP contribution in [0.25, 0.3) is 21.9 Å². The number of nitrogens with one attached hydrogen (secondary N) is 2. The van der Waals surface area contributed by atoms with Crippen molar-refractivity contribution < 1.29 is 4.79 Å². The molecular weight excluding hydrogens is 376 g/mol. The number of aryl methyl sites for hydroxylation is 1. The van der Waals surface area contributed by atoms with E-state index in [-0.39, 0.29) is 6.03 Å². The van der Waals surface area contributed by atoms with E-state index in [1.54, 1.807) is 0 Å². The molecule has 0 aliphatic heterocycles. The minimum Gasteiger partial charge on any atom is -0.382 e. The lowest BCUT2D eigenvalue weighted by atomic mass is 10.2. The average Bonchev–Trinajstić information content (AvgIpc) is 3.12. The van der Waals surface area contributed by atoms with E-state index >= 15 is 0 Å². The number of anilines is 2. The Morgan fingerprint density at radius 3 is 2.63 bits per heavy atom. The summed E-state index contributed by atoms with van der Waals surface area (Å²) in [4.78, 5) is 21.6. The number of amides is 2. The van der Waals surface area contributed by atoms with Crippen molar-refractivity contribution in [3.63, 3.8) is 0 Å². The zero-order chi connectivity index (χ0) is 20.9. The first-order valence-corrected chi connectivity index (χ1v) is 10.3. The molecule has 0 bridgehead atoms. The van der Waals surface area contributed by atoms with Gasteiger partial charge in [0.15, 0.2) is 5.82 Å². The maximum absolute atomic E-state index is 12.3. The van der Waals surface area contributed by atoms with Crippen molar-refractivity contribution in [3.05, 3.63) is 60.4 Å². The highest BCUT2D eigenvalue weighted by Gasteiger charge is 2.17. The average molecular weight is 403 g/mol. The van der Waals surface area contributed by atoms with Gasteiger partial charge >= 0.3 is 6.03 Å². The Labute approximate surface area is 175 Å². The Morgan fingerprint density at radius 2 is 1.83 bits per heavy atom. The number of imidazole rings is 1. The molecule has 7 heteroatoms. The number of carbonyl (C=O) groups excluding carboxylic acids is 1. The summed E-state index contributed by atoms with van der Waals surface area (Å²) in [5, 5.41) is 6.80. The van der Waals surface area contributed by atoms with Gasteiger partial charge in [0, 0.05) is 30.6 Å². The lowest BCUT2D eigenvalue weighted by molar-refractivity contribution is 0.251. The maximum Gasteiger partial charge on any atom is 0.319 e. The summed E-state index contributed by atoms with van der Waals surface area (Å²) in [6, 6.07) is 17.1. The number of nitrogens with zero attached hydrogens (tertiary/aromatic N) is 3. The Kier molecular flexibility index (Phi) is 5.79. The van der Waals surface area contributed by atoms with Gasteiger partial charge in [0.1, 0.15) is 11.3 Å². The van der Waals surface area contributed by atoms with Crippen LogP contribution in [0.1, 0.15) is 25.6 Å². The molecule has 0 spiro atoms. The molecule has 0 fully saturated rings. The predicted octanol–water partition coefficient (Wildman–Crippen LogP) is 4.33. The van der Waals surface area contributed by atoms with Crippen LogP contribution in [0.4, 0.5) is 16.3 Å². The van der Waals surface area contributed by atoms with Crippen LogP contribution in [0.5, 0.6) is 0 Å². The van der Waals surface area contributed by atoms with E-state index < -0.39 is 0 Å². The number of nitrogen functional groups attached to an aromatic ring is 1. The first-order valence-electron chi connectivity index (χ1n) is 10.3. The Bertz CT molecular complexity index is 1170. The van der Waals surface area contributed by atoms with Crippen molar-refractivity contribution in [2.75, 3.05) is 17.6 Å². The topological polar surface area (TPSA) is 97.9 Å². The molecule has 0 saturated heterocycles. The molecule has 0 saturated carbocycles. The van der Waals surface area contributed by atoms with Crippen LogP contribution in [0.2, 0.25) is 0 Å². The molecule has 4 aromatic rings. The van der Waals surface area contributed by atoms with Crippen molar-refractivity contribution in [2.45, 2.75) is 32.7 Å². The minimum absolute atomic E-state index is 0.230. The minimum atomic E-state index is -0.230. The van der Waals surface area contributed by atoms with Gasteiger partial charge in [-0.1, -0.05) is 49.7 Å². The summed E-state index contributed by atoms with van der Waals surface area (Å²) in [5.41, 5.74) is 9.55. The van der Waals surface area contributed by atoms with Crippen molar-refractivity contribution in [2.24, 2.45) is 0 Å². The quantitative estimate of drug-likeness (QED) is 0.428. The summed E-state index contributed by atoms with van der Waals surface area (Å²) in [6.07, 6.45) is 2.97. The van der Waals surface area contributed by atoms with E-state index in [1.165, 1.54) is 0 Å². The lowest BCUT2D eigenvalue weighted by Gasteiger charge is -2.12. The van der Waals surface area contributed by atoms with Crippen LogP contribution in [-0.4, -0.2) is 27.1 Å². The molecule has 4 N–H and O–H groups in total. The first kappa shape index (κ1) is 19.7. The molecule has 2 heterocycles. The van der Waals surface area contributed by atoms with Crippen molar-refractivity contribution >= 4 is 39.5 Å². The smallest absolute Gasteiger partial charge is 0.319 e. The SMILES string of the molecule is CCCCc1nc2c(N)nc3ccccc3c2n1CCNC(=O)Nc1ccccc1. The highest BCUT2D eigenvalue weighted by Crippen LogP contribution is 2.29. The molecule has 0 atom stereocenters. The number of hydrogen-bond donors (Lipinski definition) is 3. The molecule has 0 aliphatic carbocycles. The molecule has 2 aromatic carbocycles. The summed E-state index contributed by atoms with van der Waals surface area (Å²) < 4.78 is 2.17. The van der Waals surface area contributed by atoms with Gasteiger partial charge in [-0.25, -0.2) is 14.8 Å². The third kappa shape index (κ3) is 4.05. The number of hydrogen-bond acceptors (Lipinski definition) is 4. The summed E-state index contributed by atoms with van der Waals surface area (Å²) in [7, 11) is 0. The Balaban J connectivity index is 1.60. The molecule has 154 valence electrons. The number of aromatic nitrogens is 3. The van der Waals surface area contributed by atoms with Crippen molar-refractivity contribution in [1.82, 2.24) is 19.9 Å². The molecule has 30 heavy (non-hydrogen) atoms. The van der Waals surface area contributed by atoms with E-state index in [2.05, 4.69) is 27.1 Å². The van der Waals surface area contributed by atoms with Crippen LogP contribution in [-0.2, 0) is 13.0 Å². The second-order valence-corrected chi connectivity index (χ2v) is 7.24. The number of unbranched alkanes of at least 4 members (excludes halogenated alkanes) is 1. The molecule has 2 aromatic heterocycles. The molecule has 4 rings (SSSR count). The number of fused-ring (bicyclic) bond motifs is 3. The zero-order valence-corrected chi connectivity index (χ0v) is 17.1. The van der Waals surface area contributed by atoms with Gasteiger partial charge in [0.2, 0.25) is 0 Å². The molecule has 2 amide bonds. The van der Waals surface area contributed by atoms with E-state index in [9.17, 15) is 4.79 Å². The van der Waals surface area contributed by atoms with E-state index in [1.807, 2.05) is 54.6 Å². The van der Waals surface area contributed by atoms with E-state index in [0.717, 1.165) is 52.7 Å². The van der Waals surface area contributed by atoms with E-state index in [0.29, 0.717) is 18.9 Å². The number of rotatable bonds is 7. The van der Waals surface area contributed by atoms with Gasteiger partial charge in [-0.2, -0.15) is 0 Å². The van der Waals surface area contributed by atoms with Crippen LogP contribution < -0.4 is 16.4 Å². The number of pyridine rings is 1. The van der Waals surface area contributed by atoms with Gasteiger partial charge < -0.3 is 20.9 Å². The first-order chi connectivity index (χ1) is 14.7. The van der Waals surface area contributed by atoms with Gasteiger partial charge in [0.25, 0.3) is 0 Å². The van der Waals surface area contributed by atoms with Crippen LogP contribution in [0, 0.1) is 0 Å². The summed E-state index contributed by atoms with van der Waals surface area (Å²) >= 11 is 0. The van der Waals surface area contributed by atoms with Crippen molar-refractivity contribution in [1.29, 1.82) is 0 Å². The fourth-order valence-electron chi connectivity index (χ4n) is 3.65. The summed E-state index contributed by atoms with van der Waals surface area (Å²) in [5.74, 6) is 1.41. The Hall–Kier alpha value is -3.61. The van der Waals surface area contributed by atoms with Gasteiger partial charge in [0.05, 0.1) is 11.0 Å². The predicted molar refractivity (Wildman–Crippen MR) is 122 cm³/mol. The van der Waals surface area contributed by atoms with E-state index in [4.69, 9.17) is 10.7 Å². The molecule has 0 aliphatic rings. The van der Waals surface area contributed by atoms with Gasteiger partial charge in [-0.3, -0.25) is 0 Å². The maximum atomic E-state index is 12.3. The normalized spacial score (nSPS) is 11.1. The highest BCUT2D eigenvalue weighted by molar-refractivity contribution is 6.06. The largest absolute Gasteiger partial charge is 0.382 e. The second kappa shape index (κ2) is 8.82. The van der Waals surface area contributed by atoms with Crippen LogP contribution in [0.15, 0.2) is 54.6 Å². The number of urea groups is 1. The molecule has 0 unspecified atom stereocenters. The third-order valence-electron chi connectivity index (χ3n) is 5.10. The number of para-hydroxylation sites is 2. The molecular formula is C23H26N6O. The van der Waals surface area contributed by atoms with Crippen molar-refractivity contribution in [3.8, 4) is 0 Å². The van der Waals surface area contributed by atoms with Gasteiger partial charge in [-0.15, -0.1) is 0 Å². The number of carbonyl (C=O) groups is 1. The third-order valence-corrected chi connectivity index (χ3v) is 5.10. The fourth-order valence-corrected chi connectivity index (χ4v) is 3.65. The molecule has 7 nitrogen and oxygen atoms in total. The number of nitrogens with two attached hydrogens (primary N) is 1. The summed E-state index contributed by atoms with van der Waals surface area (Å²) in [6.45, 7) is 3.23. The fraction of sp³-hybridized carbons (Fsp3) is 0.261. The van der Waals surface area contributed by atoms with Gasteiger partial charge in [-0.05, 0) is 24.6 Å². The standard InChI is InChI=1S/C23H26N6O/c1-2-3-13-19-28-20-21(17-11-7-8-12-18(17)27-22(20)24)29(19)15-14-25-23(30)26-16-9-5-4-6-10-16/h4-12H,2-3,13-15H2,1H3,(H2,24,27)(H2,25,26,30). The Morgan fingerprint density at radius 1 is 1.07 bits per heavy atom. The van der Waals surface area contributed by atoms with Crippen LogP contribution in [0.3, 0.4) is 0 Å². The van der Waals surface area contributed by atoms with Crippen LogP contribution >= 0.6 is 0 Å².